The second-order valence-corrected chi connectivity index (χ2v) is 11.2. The summed E-state index contributed by atoms with van der Waals surface area (Å²) in [4.78, 5) is 15.0. The minimum Gasteiger partial charge on any atom is -0.352 e. The summed E-state index contributed by atoms with van der Waals surface area (Å²) in [6, 6.07) is 8.54. The van der Waals surface area contributed by atoms with Gasteiger partial charge in [0.05, 0.1) is 0 Å². The minimum absolute atomic E-state index is 0.0184. The zero-order chi connectivity index (χ0) is 21.1. The Morgan fingerprint density at radius 2 is 1.86 bits per heavy atom. The third-order valence-corrected chi connectivity index (χ3v) is 6.13. The van der Waals surface area contributed by atoms with Crippen LogP contribution in [0.25, 0.3) is 0 Å². The normalized spacial score (nSPS) is 21.5. The van der Waals surface area contributed by atoms with Crippen LogP contribution in [-0.2, 0) is 4.79 Å². The molecular formula is C24H39ClN2O. The maximum absolute atomic E-state index is 12.5. The Morgan fingerprint density at radius 1 is 1.25 bits per heavy atom. The van der Waals surface area contributed by atoms with Gasteiger partial charge in [0.15, 0.2) is 0 Å². The second kappa shape index (κ2) is 9.17. The number of halogens is 1. The summed E-state index contributed by atoms with van der Waals surface area (Å²) in [6.45, 7) is 18.5. The lowest BCUT2D eigenvalue weighted by Crippen LogP contribution is -2.52. The SMILES string of the molecule is CC(C)[C@H](CN1CC[C@H](c2ccc(Cl)cc2)C(C)(C)C1)NC(=O)CC(C)(C)C. The van der Waals surface area contributed by atoms with E-state index in [4.69, 9.17) is 11.6 Å². The number of nitrogens with zero attached hydrogens (tertiary/aromatic N) is 1. The van der Waals surface area contributed by atoms with Crippen molar-refractivity contribution >= 4 is 17.5 Å². The molecule has 1 amide bonds. The van der Waals surface area contributed by atoms with E-state index in [0.29, 0.717) is 18.3 Å². The molecule has 0 bridgehead atoms. The Labute approximate surface area is 177 Å². The van der Waals surface area contributed by atoms with Crippen molar-refractivity contribution in [3.63, 3.8) is 0 Å². The van der Waals surface area contributed by atoms with Crippen molar-refractivity contribution in [1.82, 2.24) is 10.2 Å². The van der Waals surface area contributed by atoms with Gasteiger partial charge >= 0.3 is 0 Å². The Bertz CT molecular complexity index is 646. The Hall–Kier alpha value is -1.06. The van der Waals surface area contributed by atoms with Crippen LogP contribution in [0.15, 0.2) is 24.3 Å². The highest BCUT2D eigenvalue weighted by Gasteiger charge is 2.37. The maximum atomic E-state index is 12.5. The standard InChI is InChI=1S/C24H39ClN2O/c1-17(2)21(26-22(28)14-23(3,4)5)15-27-13-12-20(24(6,7)16-27)18-8-10-19(25)11-9-18/h8-11,17,20-21H,12-16H2,1-7H3,(H,26,28)/t20-,21+/m1/s1. The van der Waals surface area contributed by atoms with E-state index >= 15 is 0 Å². The highest BCUT2D eigenvalue weighted by atomic mass is 35.5. The van der Waals surface area contributed by atoms with Gasteiger partial charge in [-0.25, -0.2) is 0 Å². The molecule has 3 nitrogen and oxygen atoms in total. The van der Waals surface area contributed by atoms with Gasteiger partial charge in [0.2, 0.25) is 5.91 Å². The molecule has 1 aliphatic rings. The van der Waals surface area contributed by atoms with Crippen molar-refractivity contribution < 1.29 is 4.79 Å². The molecule has 2 rings (SSSR count). The van der Waals surface area contributed by atoms with Crippen LogP contribution >= 0.6 is 11.6 Å². The molecule has 0 aliphatic carbocycles. The lowest BCUT2D eigenvalue weighted by molar-refractivity contribution is -0.124. The number of rotatable bonds is 6. The number of piperidine rings is 1. The smallest absolute Gasteiger partial charge is 0.220 e. The van der Waals surface area contributed by atoms with E-state index in [1.165, 1.54) is 5.56 Å². The van der Waals surface area contributed by atoms with Gasteiger partial charge in [-0.15, -0.1) is 0 Å². The van der Waals surface area contributed by atoms with Gasteiger partial charge in [0.25, 0.3) is 0 Å². The first-order valence-electron chi connectivity index (χ1n) is 10.6. The van der Waals surface area contributed by atoms with Gasteiger partial charge < -0.3 is 10.2 Å². The number of hydrogen-bond acceptors (Lipinski definition) is 2. The number of likely N-dealkylation sites (tertiary alicyclic amines) is 1. The summed E-state index contributed by atoms with van der Waals surface area (Å²) in [7, 11) is 0. The zero-order valence-corrected chi connectivity index (χ0v) is 19.6. The third kappa shape index (κ3) is 6.77. The molecule has 0 radical (unpaired) electrons. The van der Waals surface area contributed by atoms with Crippen LogP contribution in [0.5, 0.6) is 0 Å². The van der Waals surface area contributed by atoms with E-state index in [1.54, 1.807) is 0 Å². The molecule has 158 valence electrons. The summed E-state index contributed by atoms with van der Waals surface area (Å²) >= 11 is 6.07. The van der Waals surface area contributed by atoms with Crippen molar-refractivity contribution in [2.45, 2.75) is 73.3 Å². The molecule has 2 atom stereocenters. The van der Waals surface area contributed by atoms with Crippen molar-refractivity contribution in [1.29, 1.82) is 0 Å². The Balaban J connectivity index is 2.00. The first-order chi connectivity index (χ1) is 12.9. The lowest BCUT2D eigenvalue weighted by atomic mass is 9.70. The van der Waals surface area contributed by atoms with Crippen molar-refractivity contribution in [2.24, 2.45) is 16.7 Å². The van der Waals surface area contributed by atoms with Crippen LogP contribution in [-0.4, -0.2) is 36.5 Å². The molecule has 0 spiro atoms. The fourth-order valence-electron chi connectivity index (χ4n) is 4.38. The number of benzene rings is 1. The van der Waals surface area contributed by atoms with Gasteiger partial charge in [-0.3, -0.25) is 4.79 Å². The molecule has 1 aliphatic heterocycles. The van der Waals surface area contributed by atoms with Crippen molar-refractivity contribution in [3.8, 4) is 0 Å². The minimum atomic E-state index is 0.0184. The molecule has 1 aromatic carbocycles. The number of carbonyl (C=O) groups excluding carboxylic acids is 1. The summed E-state index contributed by atoms with van der Waals surface area (Å²) in [5.74, 6) is 1.12. The summed E-state index contributed by atoms with van der Waals surface area (Å²) < 4.78 is 0. The topological polar surface area (TPSA) is 32.3 Å². The van der Waals surface area contributed by atoms with E-state index in [9.17, 15) is 4.79 Å². The van der Waals surface area contributed by atoms with Crippen LogP contribution in [0.3, 0.4) is 0 Å². The highest BCUT2D eigenvalue weighted by molar-refractivity contribution is 6.30. The van der Waals surface area contributed by atoms with Crippen LogP contribution in [0.1, 0.15) is 72.8 Å². The quantitative estimate of drug-likeness (QED) is 0.653. The molecule has 1 fully saturated rings. The number of nitrogens with one attached hydrogen (secondary N) is 1. The average molecular weight is 407 g/mol. The molecular weight excluding hydrogens is 368 g/mol. The van der Waals surface area contributed by atoms with Gasteiger partial charge in [0, 0.05) is 30.6 Å². The van der Waals surface area contributed by atoms with Gasteiger partial charge in [-0.05, 0) is 53.3 Å². The highest BCUT2D eigenvalue weighted by Crippen LogP contribution is 2.42. The average Bonchev–Trinajstić information content (AvgIpc) is 2.53. The maximum Gasteiger partial charge on any atom is 0.220 e. The lowest BCUT2D eigenvalue weighted by Gasteiger charge is -2.46. The Morgan fingerprint density at radius 3 is 2.36 bits per heavy atom. The van der Waals surface area contributed by atoms with Crippen LogP contribution in [0, 0.1) is 16.7 Å². The summed E-state index contributed by atoms with van der Waals surface area (Å²) in [5, 5.41) is 4.10. The Kier molecular flexibility index (Phi) is 7.61. The van der Waals surface area contributed by atoms with E-state index in [1.807, 2.05) is 12.1 Å². The molecule has 0 unspecified atom stereocenters. The number of carbonyl (C=O) groups is 1. The number of hydrogen-bond donors (Lipinski definition) is 1. The molecule has 1 heterocycles. The first kappa shape index (κ1) is 23.2. The van der Waals surface area contributed by atoms with E-state index in [-0.39, 0.29) is 22.8 Å². The third-order valence-electron chi connectivity index (χ3n) is 5.88. The van der Waals surface area contributed by atoms with Gasteiger partial charge in [-0.1, -0.05) is 72.2 Å². The van der Waals surface area contributed by atoms with E-state index < -0.39 is 0 Å². The van der Waals surface area contributed by atoms with Crippen molar-refractivity contribution in [2.75, 3.05) is 19.6 Å². The van der Waals surface area contributed by atoms with Crippen molar-refractivity contribution in [3.05, 3.63) is 34.9 Å². The zero-order valence-electron chi connectivity index (χ0n) is 18.8. The fraction of sp³-hybridized carbons (Fsp3) is 0.708. The number of amides is 1. The molecule has 1 saturated heterocycles. The van der Waals surface area contributed by atoms with Crippen LogP contribution in [0.2, 0.25) is 5.02 Å². The molecule has 0 saturated carbocycles. The fourth-order valence-corrected chi connectivity index (χ4v) is 4.50. The molecule has 1 N–H and O–H groups in total. The van der Waals surface area contributed by atoms with E-state index in [2.05, 4.69) is 70.8 Å². The van der Waals surface area contributed by atoms with Gasteiger partial charge in [0.1, 0.15) is 0 Å². The summed E-state index contributed by atoms with van der Waals surface area (Å²) in [6.07, 6.45) is 1.70. The largest absolute Gasteiger partial charge is 0.352 e. The predicted octanol–water partition coefficient (Wildman–Crippen LogP) is 5.73. The van der Waals surface area contributed by atoms with Crippen LogP contribution < -0.4 is 5.32 Å². The second-order valence-electron chi connectivity index (χ2n) is 10.8. The molecule has 0 aromatic heterocycles. The summed E-state index contributed by atoms with van der Waals surface area (Å²) in [5.41, 5.74) is 1.58. The monoisotopic (exact) mass is 406 g/mol. The predicted molar refractivity (Wildman–Crippen MR) is 120 cm³/mol. The van der Waals surface area contributed by atoms with Gasteiger partial charge in [-0.2, -0.15) is 0 Å². The molecule has 4 heteroatoms. The molecule has 28 heavy (non-hydrogen) atoms. The molecule has 1 aromatic rings. The first-order valence-corrected chi connectivity index (χ1v) is 11.0. The van der Waals surface area contributed by atoms with E-state index in [0.717, 1.165) is 31.1 Å². The van der Waals surface area contributed by atoms with Crippen LogP contribution in [0.4, 0.5) is 0 Å².